The number of fused-ring (bicyclic) bond motifs is 5. The largest absolute Gasteiger partial charge is 0.226 e. The number of hydrogen-bond donors (Lipinski definition) is 0. The van der Waals surface area contributed by atoms with Gasteiger partial charge in [0.05, 0.1) is 0 Å². The molecule has 2 aliphatic rings. The van der Waals surface area contributed by atoms with Crippen LogP contribution in [0.3, 0.4) is 0 Å². The van der Waals surface area contributed by atoms with Crippen LogP contribution in [0.25, 0.3) is 45.0 Å². The van der Waals surface area contributed by atoms with Crippen LogP contribution in [0.15, 0.2) is 97.1 Å². The molecule has 1 heterocycles. The van der Waals surface area contributed by atoms with Crippen molar-refractivity contribution in [2.75, 3.05) is 0 Å². The third-order valence-corrected chi connectivity index (χ3v) is 8.26. The van der Waals surface area contributed by atoms with E-state index in [-0.39, 0.29) is 10.7 Å². The normalized spacial score (nSPS) is 15.4. The van der Waals surface area contributed by atoms with Gasteiger partial charge in [-0.15, -0.1) is 0 Å². The lowest BCUT2D eigenvalue weighted by Gasteiger charge is -2.36. The first-order valence-electron chi connectivity index (χ1n) is 13.0. The molecular formula is C33H26ClN3. The third-order valence-electron chi connectivity index (χ3n) is 8.09. The molecule has 180 valence electrons. The molecule has 7 rings (SSSR count). The molecule has 1 spiro atoms. The molecule has 1 saturated carbocycles. The van der Waals surface area contributed by atoms with Crippen LogP contribution in [-0.2, 0) is 5.41 Å². The summed E-state index contributed by atoms with van der Waals surface area (Å²) < 4.78 is 0. The first kappa shape index (κ1) is 22.4. The van der Waals surface area contributed by atoms with Crippen molar-refractivity contribution in [3.63, 3.8) is 0 Å². The van der Waals surface area contributed by atoms with Gasteiger partial charge in [0.25, 0.3) is 0 Å². The molecule has 0 aliphatic heterocycles. The predicted octanol–water partition coefficient (Wildman–Crippen LogP) is 8.76. The van der Waals surface area contributed by atoms with E-state index in [1.807, 2.05) is 36.4 Å². The zero-order valence-electron chi connectivity index (χ0n) is 20.5. The van der Waals surface area contributed by atoms with E-state index in [9.17, 15) is 0 Å². The van der Waals surface area contributed by atoms with Crippen molar-refractivity contribution in [2.45, 2.75) is 37.5 Å². The van der Waals surface area contributed by atoms with Crippen molar-refractivity contribution in [3.8, 4) is 45.0 Å². The zero-order valence-corrected chi connectivity index (χ0v) is 21.2. The summed E-state index contributed by atoms with van der Waals surface area (Å²) in [6.45, 7) is 0. The zero-order chi connectivity index (χ0) is 24.8. The number of rotatable bonds is 3. The first-order valence-corrected chi connectivity index (χ1v) is 13.4. The highest BCUT2D eigenvalue weighted by Gasteiger charge is 2.43. The highest BCUT2D eigenvalue weighted by Crippen LogP contribution is 2.56. The summed E-state index contributed by atoms with van der Waals surface area (Å²) in [5.74, 6) is 1.17. The van der Waals surface area contributed by atoms with E-state index >= 15 is 0 Å². The van der Waals surface area contributed by atoms with Gasteiger partial charge in [-0.3, -0.25) is 0 Å². The summed E-state index contributed by atoms with van der Waals surface area (Å²) in [5, 5.41) is 0.198. The lowest BCUT2D eigenvalue weighted by Crippen LogP contribution is -2.28. The summed E-state index contributed by atoms with van der Waals surface area (Å²) >= 11 is 6.41. The van der Waals surface area contributed by atoms with E-state index in [2.05, 4.69) is 70.6 Å². The van der Waals surface area contributed by atoms with Gasteiger partial charge in [-0.25, -0.2) is 4.98 Å². The highest BCUT2D eigenvalue weighted by molar-refractivity contribution is 6.28. The average molecular weight is 500 g/mol. The van der Waals surface area contributed by atoms with Crippen LogP contribution < -0.4 is 0 Å². The molecule has 4 heteroatoms. The molecule has 1 fully saturated rings. The molecule has 0 amide bonds. The molecule has 0 saturated heterocycles. The number of hydrogen-bond acceptors (Lipinski definition) is 3. The Morgan fingerprint density at radius 2 is 1.16 bits per heavy atom. The van der Waals surface area contributed by atoms with Crippen molar-refractivity contribution in [2.24, 2.45) is 0 Å². The van der Waals surface area contributed by atoms with Crippen molar-refractivity contribution < 1.29 is 0 Å². The predicted molar refractivity (Wildman–Crippen MR) is 150 cm³/mol. The van der Waals surface area contributed by atoms with E-state index in [0.717, 1.165) is 16.7 Å². The molecular weight excluding hydrogens is 474 g/mol. The molecule has 1 aromatic heterocycles. The topological polar surface area (TPSA) is 38.7 Å². The first-order chi connectivity index (χ1) is 18.2. The Bertz CT molecular complexity index is 1620. The SMILES string of the molecule is Clc1nc(-c2ccccc2)nc(-c2ccccc2-c2ccc3c(c2)C2(CCCCC2)c2ccccc2-3)n1. The van der Waals surface area contributed by atoms with Crippen LogP contribution in [-0.4, -0.2) is 15.0 Å². The maximum atomic E-state index is 6.41. The monoisotopic (exact) mass is 499 g/mol. The minimum atomic E-state index is 0.117. The molecule has 2 aliphatic carbocycles. The molecule has 5 aromatic rings. The quantitative estimate of drug-likeness (QED) is 0.249. The number of halogens is 1. The van der Waals surface area contributed by atoms with E-state index in [0.29, 0.717) is 11.6 Å². The summed E-state index contributed by atoms with van der Waals surface area (Å²) in [7, 11) is 0. The van der Waals surface area contributed by atoms with Crippen LogP contribution in [0.1, 0.15) is 43.2 Å². The van der Waals surface area contributed by atoms with E-state index < -0.39 is 0 Å². The second kappa shape index (κ2) is 8.93. The van der Waals surface area contributed by atoms with Crippen LogP contribution >= 0.6 is 11.6 Å². The van der Waals surface area contributed by atoms with Gasteiger partial charge >= 0.3 is 0 Å². The second-order valence-electron chi connectivity index (χ2n) is 10.1. The van der Waals surface area contributed by atoms with Crippen molar-refractivity contribution >= 4 is 11.6 Å². The van der Waals surface area contributed by atoms with Crippen LogP contribution in [0.5, 0.6) is 0 Å². The standard InChI is InChI=1S/C33H26ClN3/c34-32-36-30(22-11-3-1-4-12-22)35-31(37-32)27-15-6-5-13-24(27)23-17-18-26-25-14-7-8-16-28(25)33(29(26)21-23)19-9-2-10-20-33/h1,3-8,11-18,21H,2,9-10,19-20H2. The summed E-state index contributed by atoms with van der Waals surface area (Å²) in [4.78, 5) is 13.8. The fraction of sp³-hybridized carbons (Fsp3) is 0.182. The van der Waals surface area contributed by atoms with Gasteiger partial charge in [0.2, 0.25) is 5.28 Å². The Morgan fingerprint density at radius 1 is 0.514 bits per heavy atom. The van der Waals surface area contributed by atoms with Gasteiger partial charge in [0, 0.05) is 16.5 Å². The van der Waals surface area contributed by atoms with Crippen molar-refractivity contribution in [3.05, 3.63) is 113 Å². The second-order valence-corrected chi connectivity index (χ2v) is 10.5. The molecule has 0 radical (unpaired) electrons. The molecule has 0 bridgehead atoms. The van der Waals surface area contributed by atoms with Crippen LogP contribution in [0.2, 0.25) is 5.28 Å². The van der Waals surface area contributed by atoms with Gasteiger partial charge in [-0.1, -0.05) is 110 Å². The molecule has 0 unspecified atom stereocenters. The maximum absolute atomic E-state index is 6.41. The van der Waals surface area contributed by atoms with Gasteiger partial charge in [-0.05, 0) is 63.9 Å². The van der Waals surface area contributed by atoms with Gasteiger partial charge in [0.1, 0.15) is 0 Å². The minimum absolute atomic E-state index is 0.117. The molecule has 4 aromatic carbocycles. The van der Waals surface area contributed by atoms with Crippen molar-refractivity contribution in [1.29, 1.82) is 0 Å². The Hall–Kier alpha value is -3.82. The molecule has 37 heavy (non-hydrogen) atoms. The number of benzene rings is 4. The Morgan fingerprint density at radius 3 is 1.97 bits per heavy atom. The fourth-order valence-corrected chi connectivity index (χ4v) is 6.59. The Balaban J connectivity index is 1.38. The lowest BCUT2D eigenvalue weighted by molar-refractivity contribution is 0.353. The van der Waals surface area contributed by atoms with Crippen LogP contribution in [0, 0.1) is 0 Å². The third kappa shape index (κ3) is 3.69. The van der Waals surface area contributed by atoms with E-state index in [4.69, 9.17) is 16.6 Å². The highest BCUT2D eigenvalue weighted by atomic mass is 35.5. The van der Waals surface area contributed by atoms with Gasteiger partial charge in [-0.2, -0.15) is 9.97 Å². The Kier molecular flexibility index (Phi) is 5.40. The molecule has 0 N–H and O–H groups in total. The Labute approximate surface area is 222 Å². The van der Waals surface area contributed by atoms with E-state index in [1.165, 1.54) is 59.9 Å². The number of aromatic nitrogens is 3. The van der Waals surface area contributed by atoms with Crippen LogP contribution in [0.4, 0.5) is 0 Å². The van der Waals surface area contributed by atoms with Gasteiger partial charge < -0.3 is 0 Å². The van der Waals surface area contributed by atoms with Crippen molar-refractivity contribution in [1.82, 2.24) is 15.0 Å². The molecule has 0 atom stereocenters. The fourth-order valence-electron chi connectivity index (χ4n) is 6.43. The minimum Gasteiger partial charge on any atom is -0.208 e. The maximum Gasteiger partial charge on any atom is 0.226 e. The molecule has 3 nitrogen and oxygen atoms in total. The summed E-state index contributed by atoms with van der Waals surface area (Å²) in [6, 6.07) is 34.3. The number of nitrogens with zero attached hydrogens (tertiary/aromatic N) is 3. The van der Waals surface area contributed by atoms with E-state index in [1.54, 1.807) is 0 Å². The average Bonchev–Trinajstić information content (AvgIpc) is 3.22. The smallest absolute Gasteiger partial charge is 0.208 e. The van der Waals surface area contributed by atoms with Gasteiger partial charge in [0.15, 0.2) is 11.6 Å². The summed E-state index contributed by atoms with van der Waals surface area (Å²) in [6.07, 6.45) is 6.31. The lowest BCUT2D eigenvalue weighted by atomic mass is 9.67. The summed E-state index contributed by atoms with van der Waals surface area (Å²) in [5.41, 5.74) is 10.0.